The predicted molar refractivity (Wildman–Crippen MR) is 44.3 cm³/mol. The second kappa shape index (κ2) is 5.08. The number of carboxylic acids is 1. The first-order valence-electron chi connectivity index (χ1n) is 3.90. The number of hydrogen-bond acceptors (Lipinski definition) is 4. The lowest BCUT2D eigenvalue weighted by Gasteiger charge is -2.28. The van der Waals surface area contributed by atoms with Crippen molar-refractivity contribution < 1.29 is 15.0 Å². The summed E-state index contributed by atoms with van der Waals surface area (Å²) >= 11 is 0. The van der Waals surface area contributed by atoms with Crippen molar-refractivity contribution in [2.45, 2.75) is 32.0 Å². The summed E-state index contributed by atoms with van der Waals surface area (Å²) in [7, 11) is 0. The number of aliphatic carboxylic acids is 1. The summed E-state index contributed by atoms with van der Waals surface area (Å²) in [5.41, 5.74) is 5.32. The van der Waals surface area contributed by atoms with E-state index in [1.54, 1.807) is 0 Å². The molecule has 12 heavy (non-hydrogen) atoms. The first-order valence-corrected chi connectivity index (χ1v) is 3.90. The lowest BCUT2D eigenvalue weighted by atomic mass is 10.1. The van der Waals surface area contributed by atoms with Gasteiger partial charge < -0.3 is 10.2 Å². The number of hydrogen-bond donors (Lipinski definition) is 4. The van der Waals surface area contributed by atoms with Crippen LogP contribution in [0, 0.1) is 0 Å². The van der Waals surface area contributed by atoms with Gasteiger partial charge in [0.15, 0.2) is 5.85 Å². The van der Waals surface area contributed by atoms with Crippen LogP contribution in [0.25, 0.3) is 0 Å². The SMILES string of the molecule is CC(=O)O.NC1(O)CCCCN1. The summed E-state index contributed by atoms with van der Waals surface area (Å²) in [5.74, 6) is -1.90. The van der Waals surface area contributed by atoms with Crippen molar-refractivity contribution >= 4 is 5.97 Å². The minimum Gasteiger partial charge on any atom is -0.481 e. The lowest BCUT2D eigenvalue weighted by Crippen LogP contribution is -2.55. The zero-order valence-electron chi connectivity index (χ0n) is 7.21. The second-order valence-electron chi connectivity index (χ2n) is 2.83. The summed E-state index contributed by atoms with van der Waals surface area (Å²) in [6.07, 6.45) is 2.83. The van der Waals surface area contributed by atoms with Gasteiger partial charge in [0.1, 0.15) is 0 Å². The maximum absolute atomic E-state index is 9.04. The van der Waals surface area contributed by atoms with Gasteiger partial charge in [-0.1, -0.05) is 0 Å². The Labute approximate surface area is 71.6 Å². The van der Waals surface area contributed by atoms with E-state index in [9.17, 15) is 0 Å². The van der Waals surface area contributed by atoms with Crippen LogP contribution in [0.3, 0.4) is 0 Å². The zero-order chi connectivity index (χ0) is 9.61. The molecule has 0 aliphatic carbocycles. The molecule has 0 bridgehead atoms. The monoisotopic (exact) mass is 176 g/mol. The van der Waals surface area contributed by atoms with Crippen LogP contribution in [0.5, 0.6) is 0 Å². The molecule has 0 aromatic heterocycles. The second-order valence-corrected chi connectivity index (χ2v) is 2.83. The van der Waals surface area contributed by atoms with E-state index in [1.807, 2.05) is 0 Å². The van der Waals surface area contributed by atoms with Crippen molar-refractivity contribution in [3.63, 3.8) is 0 Å². The lowest BCUT2D eigenvalue weighted by molar-refractivity contribution is -0.134. The van der Waals surface area contributed by atoms with Crippen LogP contribution in [-0.2, 0) is 4.79 Å². The molecule has 5 N–H and O–H groups in total. The number of nitrogens with one attached hydrogen (secondary N) is 1. The van der Waals surface area contributed by atoms with Gasteiger partial charge in [-0.2, -0.15) is 0 Å². The van der Waals surface area contributed by atoms with Gasteiger partial charge in [-0.3, -0.25) is 15.8 Å². The van der Waals surface area contributed by atoms with Gasteiger partial charge >= 0.3 is 0 Å². The molecular weight excluding hydrogens is 160 g/mol. The number of carboxylic acid groups (broad SMARTS) is 1. The largest absolute Gasteiger partial charge is 0.481 e. The molecule has 1 fully saturated rings. The van der Waals surface area contributed by atoms with Crippen LogP contribution < -0.4 is 11.1 Å². The molecule has 1 aliphatic rings. The van der Waals surface area contributed by atoms with E-state index in [4.69, 9.17) is 20.7 Å². The average molecular weight is 176 g/mol. The Morgan fingerprint density at radius 2 is 2.08 bits per heavy atom. The minimum atomic E-state index is -1.07. The summed E-state index contributed by atoms with van der Waals surface area (Å²) < 4.78 is 0. The molecule has 5 nitrogen and oxygen atoms in total. The van der Waals surface area contributed by atoms with Gasteiger partial charge in [0.05, 0.1) is 0 Å². The van der Waals surface area contributed by atoms with Crippen LogP contribution >= 0.6 is 0 Å². The van der Waals surface area contributed by atoms with Gasteiger partial charge in [-0.25, -0.2) is 0 Å². The highest BCUT2D eigenvalue weighted by molar-refractivity contribution is 5.62. The van der Waals surface area contributed by atoms with E-state index < -0.39 is 11.8 Å². The van der Waals surface area contributed by atoms with E-state index >= 15 is 0 Å². The van der Waals surface area contributed by atoms with E-state index in [0.717, 1.165) is 26.3 Å². The van der Waals surface area contributed by atoms with Gasteiger partial charge in [-0.15, -0.1) is 0 Å². The molecule has 0 radical (unpaired) electrons. The first-order chi connectivity index (χ1) is 5.44. The van der Waals surface area contributed by atoms with Crippen molar-refractivity contribution in [3.8, 4) is 0 Å². The van der Waals surface area contributed by atoms with Gasteiger partial charge in [-0.05, 0) is 19.4 Å². The minimum absolute atomic E-state index is 0.674. The number of rotatable bonds is 0. The molecule has 0 spiro atoms. The highest BCUT2D eigenvalue weighted by Crippen LogP contribution is 2.09. The Morgan fingerprint density at radius 3 is 2.25 bits per heavy atom. The molecule has 5 heteroatoms. The number of piperidine rings is 1. The van der Waals surface area contributed by atoms with Crippen LogP contribution in [-0.4, -0.2) is 28.6 Å². The Kier molecular flexibility index (Phi) is 4.80. The normalized spacial score (nSPS) is 28.6. The van der Waals surface area contributed by atoms with E-state index in [-0.39, 0.29) is 0 Å². The fraction of sp³-hybridized carbons (Fsp3) is 0.857. The van der Waals surface area contributed by atoms with E-state index in [2.05, 4.69) is 5.32 Å². The van der Waals surface area contributed by atoms with Crippen LogP contribution in [0.15, 0.2) is 0 Å². The number of aliphatic hydroxyl groups is 1. The number of carbonyl (C=O) groups is 1. The molecule has 1 atom stereocenters. The summed E-state index contributed by atoms with van der Waals surface area (Å²) in [6, 6.07) is 0. The quantitative estimate of drug-likeness (QED) is 0.372. The molecule has 0 aromatic rings. The summed E-state index contributed by atoms with van der Waals surface area (Å²) in [5, 5.41) is 19.2. The molecule has 0 aromatic carbocycles. The third-order valence-electron chi connectivity index (χ3n) is 1.42. The summed E-state index contributed by atoms with van der Waals surface area (Å²) in [6.45, 7) is 1.92. The van der Waals surface area contributed by atoms with Gasteiger partial charge in [0, 0.05) is 13.3 Å². The zero-order valence-corrected chi connectivity index (χ0v) is 7.21. The van der Waals surface area contributed by atoms with Crippen molar-refractivity contribution in [2.75, 3.05) is 6.54 Å². The van der Waals surface area contributed by atoms with Crippen molar-refractivity contribution in [1.82, 2.24) is 5.32 Å². The maximum atomic E-state index is 9.04. The Bertz CT molecular complexity index is 136. The topological polar surface area (TPSA) is 95.6 Å². The molecule has 72 valence electrons. The fourth-order valence-corrected chi connectivity index (χ4v) is 0.913. The van der Waals surface area contributed by atoms with E-state index in [0.29, 0.717) is 6.42 Å². The molecule has 1 saturated heterocycles. The van der Waals surface area contributed by atoms with Crippen LogP contribution in [0.4, 0.5) is 0 Å². The van der Waals surface area contributed by atoms with E-state index in [1.165, 1.54) is 0 Å². The van der Waals surface area contributed by atoms with Gasteiger partial charge in [0.2, 0.25) is 0 Å². The van der Waals surface area contributed by atoms with Crippen LogP contribution in [0.1, 0.15) is 26.2 Å². The molecule has 0 amide bonds. The van der Waals surface area contributed by atoms with Crippen molar-refractivity contribution in [3.05, 3.63) is 0 Å². The Balaban J connectivity index is 0.000000261. The van der Waals surface area contributed by atoms with Crippen molar-refractivity contribution in [1.29, 1.82) is 0 Å². The first kappa shape index (κ1) is 11.4. The highest BCUT2D eigenvalue weighted by atomic mass is 16.4. The molecule has 1 heterocycles. The van der Waals surface area contributed by atoms with Crippen LogP contribution in [0.2, 0.25) is 0 Å². The molecule has 1 unspecified atom stereocenters. The maximum Gasteiger partial charge on any atom is 0.300 e. The average Bonchev–Trinajstić information content (AvgIpc) is 1.85. The number of nitrogens with two attached hydrogens (primary N) is 1. The Morgan fingerprint density at radius 1 is 1.58 bits per heavy atom. The smallest absolute Gasteiger partial charge is 0.300 e. The molecule has 1 aliphatic heterocycles. The summed E-state index contributed by atoms with van der Waals surface area (Å²) in [4.78, 5) is 9.00. The van der Waals surface area contributed by atoms with Crippen molar-refractivity contribution in [2.24, 2.45) is 5.73 Å². The fourth-order valence-electron chi connectivity index (χ4n) is 0.913. The third kappa shape index (κ3) is 7.46. The predicted octanol–water partition coefficient (Wildman–Crippen LogP) is -0.544. The molecular formula is C7H16N2O3. The highest BCUT2D eigenvalue weighted by Gasteiger charge is 2.21. The standard InChI is InChI=1S/C5H12N2O.C2H4O2/c6-5(8)3-1-2-4-7-5;1-2(3)4/h7-8H,1-4,6H2;1H3,(H,3,4). The Hall–Kier alpha value is -0.650. The molecule has 1 rings (SSSR count). The third-order valence-corrected chi connectivity index (χ3v) is 1.42. The molecule has 0 saturated carbocycles. The van der Waals surface area contributed by atoms with Gasteiger partial charge in [0.25, 0.3) is 5.97 Å².